The number of thioether (sulfide) groups is 2. The average Bonchev–Trinajstić information content (AvgIpc) is 3.15. The van der Waals surface area contributed by atoms with E-state index in [2.05, 4.69) is 20.7 Å². The summed E-state index contributed by atoms with van der Waals surface area (Å²) in [5.74, 6) is 0.211. The Hall–Kier alpha value is -1.94. The average molecular weight is 453 g/mol. The predicted molar refractivity (Wildman–Crippen MR) is 114 cm³/mol. The Balaban J connectivity index is 1.41. The SMILES string of the molecule is O=C(CSc1nnc(SCc2ccc(Cl)cc2)s1)NN=Cc1ccccc1F. The van der Waals surface area contributed by atoms with Gasteiger partial charge in [-0.25, -0.2) is 9.82 Å². The second-order valence-electron chi connectivity index (χ2n) is 5.35. The molecule has 0 saturated heterocycles. The number of carbonyl (C=O) groups excluding carboxylic acids is 1. The number of rotatable bonds is 8. The Morgan fingerprint density at radius 3 is 2.61 bits per heavy atom. The van der Waals surface area contributed by atoms with Gasteiger partial charge in [0.1, 0.15) is 5.82 Å². The van der Waals surface area contributed by atoms with Crippen molar-refractivity contribution in [3.8, 4) is 0 Å². The molecular formula is C18H14ClFN4OS3. The molecular weight excluding hydrogens is 439 g/mol. The van der Waals surface area contributed by atoms with Gasteiger partial charge >= 0.3 is 0 Å². The molecule has 0 fully saturated rings. The quantitative estimate of drug-likeness (QED) is 0.300. The maximum Gasteiger partial charge on any atom is 0.250 e. The first-order chi connectivity index (χ1) is 13.6. The van der Waals surface area contributed by atoms with Crippen LogP contribution in [0, 0.1) is 5.82 Å². The number of carbonyl (C=O) groups is 1. The highest BCUT2D eigenvalue weighted by atomic mass is 35.5. The zero-order valence-electron chi connectivity index (χ0n) is 14.3. The molecule has 1 amide bonds. The second-order valence-corrected chi connectivity index (χ2v) is 9.21. The largest absolute Gasteiger partial charge is 0.272 e. The third-order valence-corrected chi connectivity index (χ3v) is 6.80. The number of nitrogens with zero attached hydrogens (tertiary/aromatic N) is 3. The molecule has 144 valence electrons. The van der Waals surface area contributed by atoms with Crippen LogP contribution in [0.1, 0.15) is 11.1 Å². The summed E-state index contributed by atoms with van der Waals surface area (Å²) in [5, 5.41) is 12.7. The van der Waals surface area contributed by atoms with Crippen molar-refractivity contribution in [1.82, 2.24) is 15.6 Å². The minimum atomic E-state index is -0.396. The molecule has 0 aliphatic heterocycles. The van der Waals surface area contributed by atoms with Crippen LogP contribution in [0.3, 0.4) is 0 Å². The van der Waals surface area contributed by atoms with Crippen molar-refractivity contribution in [3.63, 3.8) is 0 Å². The van der Waals surface area contributed by atoms with E-state index in [9.17, 15) is 9.18 Å². The van der Waals surface area contributed by atoms with Crippen molar-refractivity contribution < 1.29 is 9.18 Å². The molecule has 5 nitrogen and oxygen atoms in total. The minimum Gasteiger partial charge on any atom is -0.272 e. The Labute approximate surface area is 178 Å². The maximum absolute atomic E-state index is 13.4. The molecule has 0 atom stereocenters. The summed E-state index contributed by atoms with van der Waals surface area (Å²) < 4.78 is 15.0. The monoisotopic (exact) mass is 452 g/mol. The van der Waals surface area contributed by atoms with Crippen molar-refractivity contribution in [2.75, 3.05) is 5.75 Å². The lowest BCUT2D eigenvalue weighted by Crippen LogP contribution is -2.19. The van der Waals surface area contributed by atoms with E-state index >= 15 is 0 Å². The number of amides is 1. The van der Waals surface area contributed by atoms with Gasteiger partial charge < -0.3 is 0 Å². The summed E-state index contributed by atoms with van der Waals surface area (Å²) in [4.78, 5) is 11.8. The van der Waals surface area contributed by atoms with E-state index in [1.54, 1.807) is 30.0 Å². The van der Waals surface area contributed by atoms with E-state index in [4.69, 9.17) is 11.6 Å². The smallest absolute Gasteiger partial charge is 0.250 e. The predicted octanol–water partition coefficient (Wildman–Crippen LogP) is 4.87. The fourth-order valence-corrected chi connectivity index (χ4v) is 4.85. The van der Waals surface area contributed by atoms with Crippen LogP contribution in [-0.4, -0.2) is 28.1 Å². The van der Waals surface area contributed by atoms with Crippen LogP contribution in [0.5, 0.6) is 0 Å². The summed E-state index contributed by atoms with van der Waals surface area (Å²) in [6.45, 7) is 0. The molecule has 10 heteroatoms. The lowest BCUT2D eigenvalue weighted by Gasteiger charge is -1.98. The Morgan fingerprint density at radius 1 is 1.14 bits per heavy atom. The number of nitrogens with one attached hydrogen (secondary N) is 1. The molecule has 0 bridgehead atoms. The van der Waals surface area contributed by atoms with Crippen LogP contribution in [-0.2, 0) is 10.5 Å². The number of aromatic nitrogens is 2. The minimum absolute atomic E-state index is 0.144. The van der Waals surface area contributed by atoms with Gasteiger partial charge in [0.15, 0.2) is 8.68 Å². The third-order valence-electron chi connectivity index (χ3n) is 3.29. The first-order valence-electron chi connectivity index (χ1n) is 8.00. The fourth-order valence-electron chi connectivity index (χ4n) is 1.95. The molecule has 1 N–H and O–H groups in total. The zero-order valence-corrected chi connectivity index (χ0v) is 17.5. The lowest BCUT2D eigenvalue weighted by molar-refractivity contribution is -0.118. The Morgan fingerprint density at radius 2 is 1.86 bits per heavy atom. The number of hydrazone groups is 1. The number of hydrogen-bond donors (Lipinski definition) is 1. The summed E-state index contributed by atoms with van der Waals surface area (Å²) >= 11 is 10.2. The van der Waals surface area contributed by atoms with Crippen molar-refractivity contribution in [3.05, 3.63) is 70.5 Å². The third kappa shape index (κ3) is 6.59. The number of hydrogen-bond acceptors (Lipinski definition) is 7. The summed E-state index contributed by atoms with van der Waals surface area (Å²) in [5.41, 5.74) is 3.82. The summed E-state index contributed by atoms with van der Waals surface area (Å²) in [7, 11) is 0. The molecule has 2 aromatic carbocycles. The summed E-state index contributed by atoms with van der Waals surface area (Å²) in [6, 6.07) is 13.8. The van der Waals surface area contributed by atoms with Crippen LogP contribution in [0.2, 0.25) is 5.02 Å². The van der Waals surface area contributed by atoms with E-state index < -0.39 is 5.82 Å². The van der Waals surface area contributed by atoms with E-state index in [1.165, 1.54) is 35.4 Å². The first-order valence-corrected chi connectivity index (χ1v) is 11.2. The number of halogens is 2. The molecule has 0 radical (unpaired) electrons. The highest BCUT2D eigenvalue weighted by Gasteiger charge is 2.09. The maximum atomic E-state index is 13.4. The first kappa shape index (κ1) is 20.8. The second kappa shape index (κ2) is 10.6. The number of benzene rings is 2. The molecule has 1 aromatic heterocycles. The molecule has 0 aliphatic rings. The van der Waals surface area contributed by atoms with Gasteiger partial charge in [-0.2, -0.15) is 5.10 Å². The van der Waals surface area contributed by atoms with Crippen LogP contribution >= 0.6 is 46.5 Å². The molecule has 0 unspecified atom stereocenters. The molecule has 1 heterocycles. The fraction of sp³-hybridized carbons (Fsp3) is 0.111. The van der Waals surface area contributed by atoms with E-state index in [1.807, 2.05) is 24.3 Å². The van der Waals surface area contributed by atoms with Gasteiger partial charge in [0.25, 0.3) is 5.91 Å². The van der Waals surface area contributed by atoms with Gasteiger partial charge in [0.2, 0.25) is 0 Å². The lowest BCUT2D eigenvalue weighted by atomic mass is 10.2. The van der Waals surface area contributed by atoms with Crippen molar-refractivity contribution >= 4 is 58.6 Å². The molecule has 0 spiro atoms. The van der Waals surface area contributed by atoms with E-state index in [0.29, 0.717) is 14.9 Å². The molecule has 3 rings (SSSR count). The van der Waals surface area contributed by atoms with Gasteiger partial charge in [-0.15, -0.1) is 10.2 Å². The van der Waals surface area contributed by atoms with Crippen LogP contribution in [0.15, 0.2) is 62.3 Å². The Kier molecular flexibility index (Phi) is 7.84. The van der Waals surface area contributed by atoms with Gasteiger partial charge in [-0.1, -0.05) is 76.8 Å². The Bertz CT molecular complexity index is 965. The normalized spacial score (nSPS) is 11.1. The highest BCUT2D eigenvalue weighted by Crippen LogP contribution is 2.30. The topological polar surface area (TPSA) is 67.2 Å². The van der Waals surface area contributed by atoms with E-state index in [0.717, 1.165) is 15.7 Å². The van der Waals surface area contributed by atoms with Gasteiger partial charge in [0.05, 0.1) is 12.0 Å². The van der Waals surface area contributed by atoms with Gasteiger partial charge in [0, 0.05) is 16.3 Å². The van der Waals surface area contributed by atoms with Crippen LogP contribution in [0.4, 0.5) is 4.39 Å². The van der Waals surface area contributed by atoms with Crippen LogP contribution < -0.4 is 5.43 Å². The molecule has 0 saturated carbocycles. The standard InChI is InChI=1S/C18H14ClFN4OS3/c19-14-7-5-12(6-8-14)10-26-17-23-24-18(28-17)27-11-16(25)22-21-9-13-3-1-2-4-15(13)20/h1-9H,10-11H2,(H,22,25). The molecule has 28 heavy (non-hydrogen) atoms. The van der Waals surface area contributed by atoms with Gasteiger partial charge in [-0.3, -0.25) is 4.79 Å². The van der Waals surface area contributed by atoms with Crippen LogP contribution in [0.25, 0.3) is 0 Å². The van der Waals surface area contributed by atoms with Crippen molar-refractivity contribution in [2.45, 2.75) is 14.4 Å². The van der Waals surface area contributed by atoms with Gasteiger partial charge in [-0.05, 0) is 23.8 Å². The summed E-state index contributed by atoms with van der Waals surface area (Å²) in [6.07, 6.45) is 1.27. The molecule has 0 aliphatic carbocycles. The van der Waals surface area contributed by atoms with Crippen molar-refractivity contribution in [1.29, 1.82) is 0 Å². The zero-order chi connectivity index (χ0) is 19.8. The highest BCUT2D eigenvalue weighted by molar-refractivity contribution is 8.03. The van der Waals surface area contributed by atoms with E-state index in [-0.39, 0.29) is 11.7 Å². The van der Waals surface area contributed by atoms with Crippen molar-refractivity contribution in [2.24, 2.45) is 5.10 Å². The molecule has 3 aromatic rings.